The molecule has 0 aromatic heterocycles. The summed E-state index contributed by atoms with van der Waals surface area (Å²) in [6, 6.07) is 6.37. The number of aliphatic imine (C=N–C) groups is 1. The molecule has 1 atom stereocenters. The lowest BCUT2D eigenvalue weighted by molar-refractivity contribution is 0.0888. The molecule has 1 heterocycles. The summed E-state index contributed by atoms with van der Waals surface area (Å²) < 4.78 is 17.1. The van der Waals surface area contributed by atoms with Gasteiger partial charge in [0.15, 0.2) is 5.96 Å². The molecule has 0 amide bonds. The average molecular weight is 533 g/mol. The highest BCUT2D eigenvalue weighted by molar-refractivity contribution is 14.0. The fraction of sp³-hybridized carbons (Fsp3) is 0.696. The molecule has 7 heteroatoms. The minimum atomic E-state index is 0. The van der Waals surface area contributed by atoms with Crippen LogP contribution in [0.25, 0.3) is 0 Å². The summed E-state index contributed by atoms with van der Waals surface area (Å²) in [6.07, 6.45) is 5.57. The van der Waals surface area contributed by atoms with Crippen molar-refractivity contribution in [3.63, 3.8) is 0 Å². The van der Waals surface area contributed by atoms with E-state index in [1.165, 1.54) is 18.4 Å². The standard InChI is InChI=1S/C23H39N3O3.HI/c1-4-5-6-13-29-22-15-19(2)8-9-21(22)16-26-23(24-3)25-11-7-12-27-17-20-10-14-28-18-20;/h8-9,15,20H,4-7,10-14,16-18H2,1-3H3,(H2,24,25,26);1H. The zero-order chi connectivity index (χ0) is 20.7. The molecule has 0 spiro atoms. The molecule has 1 fully saturated rings. The predicted molar refractivity (Wildman–Crippen MR) is 134 cm³/mol. The van der Waals surface area contributed by atoms with Crippen LogP contribution < -0.4 is 15.4 Å². The molecule has 2 rings (SSSR count). The van der Waals surface area contributed by atoms with Crippen molar-refractivity contribution in [3.05, 3.63) is 29.3 Å². The number of benzene rings is 1. The van der Waals surface area contributed by atoms with Crippen LogP contribution in [-0.2, 0) is 16.0 Å². The van der Waals surface area contributed by atoms with Crippen LogP contribution in [0.4, 0.5) is 0 Å². The third-order valence-corrected chi connectivity index (χ3v) is 5.03. The van der Waals surface area contributed by atoms with E-state index in [0.29, 0.717) is 12.5 Å². The molecule has 1 saturated heterocycles. The van der Waals surface area contributed by atoms with Gasteiger partial charge in [-0.1, -0.05) is 31.9 Å². The highest BCUT2D eigenvalue weighted by Gasteiger charge is 2.15. The Labute approximate surface area is 199 Å². The molecule has 1 aliphatic heterocycles. The highest BCUT2D eigenvalue weighted by atomic mass is 127. The fourth-order valence-electron chi connectivity index (χ4n) is 3.22. The van der Waals surface area contributed by atoms with Crippen LogP contribution in [0, 0.1) is 12.8 Å². The maximum Gasteiger partial charge on any atom is 0.191 e. The maximum atomic E-state index is 6.03. The van der Waals surface area contributed by atoms with Crippen molar-refractivity contribution in [1.29, 1.82) is 0 Å². The number of halogens is 1. The molecule has 30 heavy (non-hydrogen) atoms. The molecule has 6 nitrogen and oxygen atoms in total. The van der Waals surface area contributed by atoms with E-state index >= 15 is 0 Å². The third-order valence-electron chi connectivity index (χ3n) is 5.03. The third kappa shape index (κ3) is 10.8. The lowest BCUT2D eigenvalue weighted by atomic mass is 10.1. The Morgan fingerprint density at radius 3 is 2.80 bits per heavy atom. The number of ether oxygens (including phenoxy) is 3. The number of aryl methyl sites for hydroxylation is 1. The molecule has 1 unspecified atom stereocenters. The van der Waals surface area contributed by atoms with Gasteiger partial charge in [0.25, 0.3) is 0 Å². The van der Waals surface area contributed by atoms with E-state index < -0.39 is 0 Å². The zero-order valence-corrected chi connectivity index (χ0v) is 21.2. The molecule has 1 aromatic carbocycles. The van der Waals surface area contributed by atoms with Crippen molar-refractivity contribution < 1.29 is 14.2 Å². The smallest absolute Gasteiger partial charge is 0.191 e. The van der Waals surface area contributed by atoms with Crippen molar-refractivity contribution in [2.24, 2.45) is 10.9 Å². The summed E-state index contributed by atoms with van der Waals surface area (Å²) in [4.78, 5) is 4.31. The molecule has 1 aliphatic rings. The van der Waals surface area contributed by atoms with Crippen molar-refractivity contribution in [2.75, 3.05) is 46.6 Å². The predicted octanol–water partition coefficient (Wildman–Crippen LogP) is 4.29. The van der Waals surface area contributed by atoms with Gasteiger partial charge in [-0.25, -0.2) is 0 Å². The first-order valence-electron chi connectivity index (χ1n) is 11.0. The van der Waals surface area contributed by atoms with Crippen molar-refractivity contribution in [3.8, 4) is 5.75 Å². The Morgan fingerprint density at radius 2 is 2.07 bits per heavy atom. The largest absolute Gasteiger partial charge is 0.493 e. The topological polar surface area (TPSA) is 64.1 Å². The van der Waals surface area contributed by atoms with Crippen LogP contribution in [-0.4, -0.2) is 52.6 Å². The Kier molecular flexibility index (Phi) is 14.9. The summed E-state index contributed by atoms with van der Waals surface area (Å²) in [7, 11) is 1.79. The van der Waals surface area contributed by atoms with Crippen LogP contribution in [0.15, 0.2) is 23.2 Å². The van der Waals surface area contributed by atoms with E-state index in [1.54, 1.807) is 7.05 Å². The summed E-state index contributed by atoms with van der Waals surface area (Å²) in [5.41, 5.74) is 2.36. The van der Waals surface area contributed by atoms with E-state index in [4.69, 9.17) is 14.2 Å². The molecule has 0 bridgehead atoms. The van der Waals surface area contributed by atoms with Crippen molar-refractivity contribution in [2.45, 2.75) is 52.5 Å². The van der Waals surface area contributed by atoms with Crippen LogP contribution in [0.2, 0.25) is 0 Å². The molecular formula is C23H40IN3O3. The number of hydrogen-bond donors (Lipinski definition) is 2. The first-order valence-corrected chi connectivity index (χ1v) is 11.0. The number of nitrogens with one attached hydrogen (secondary N) is 2. The normalized spacial score (nSPS) is 16.2. The van der Waals surface area contributed by atoms with Crippen LogP contribution in [0.1, 0.15) is 50.2 Å². The van der Waals surface area contributed by atoms with E-state index in [-0.39, 0.29) is 24.0 Å². The number of hydrogen-bond acceptors (Lipinski definition) is 4. The molecule has 2 N–H and O–H groups in total. The SMILES string of the molecule is CCCCCOc1cc(C)ccc1CNC(=NC)NCCCOCC1CCOC1.I. The summed E-state index contributed by atoms with van der Waals surface area (Å²) in [5.74, 6) is 2.34. The van der Waals surface area contributed by atoms with Gasteiger partial charge in [-0.3, -0.25) is 4.99 Å². The Hall–Kier alpha value is -1.06. The number of guanidine groups is 1. The first kappa shape index (κ1) is 27.0. The molecule has 0 radical (unpaired) electrons. The first-order chi connectivity index (χ1) is 14.2. The lowest BCUT2D eigenvalue weighted by Gasteiger charge is -2.16. The second kappa shape index (κ2) is 16.6. The quantitative estimate of drug-likeness (QED) is 0.172. The minimum Gasteiger partial charge on any atom is -0.493 e. The van der Waals surface area contributed by atoms with Crippen LogP contribution in [0.5, 0.6) is 5.75 Å². The van der Waals surface area contributed by atoms with Gasteiger partial charge in [0.1, 0.15) is 5.75 Å². The van der Waals surface area contributed by atoms with Gasteiger partial charge in [-0.15, -0.1) is 24.0 Å². The summed E-state index contributed by atoms with van der Waals surface area (Å²) >= 11 is 0. The monoisotopic (exact) mass is 533 g/mol. The van der Waals surface area contributed by atoms with Gasteiger partial charge in [0, 0.05) is 44.8 Å². The maximum absolute atomic E-state index is 6.03. The Bertz CT molecular complexity index is 607. The number of rotatable bonds is 13. The van der Waals surface area contributed by atoms with Gasteiger partial charge in [-0.05, 0) is 37.8 Å². The van der Waals surface area contributed by atoms with Gasteiger partial charge in [0.2, 0.25) is 0 Å². The second-order valence-electron chi connectivity index (χ2n) is 7.68. The fourth-order valence-corrected chi connectivity index (χ4v) is 3.22. The van der Waals surface area contributed by atoms with Crippen LogP contribution >= 0.6 is 24.0 Å². The Balaban J connectivity index is 0.00000450. The molecule has 1 aromatic rings. The average Bonchev–Trinajstić information content (AvgIpc) is 3.24. The number of nitrogens with zero attached hydrogens (tertiary/aromatic N) is 1. The van der Waals surface area contributed by atoms with Crippen molar-refractivity contribution >= 4 is 29.9 Å². The van der Waals surface area contributed by atoms with E-state index in [9.17, 15) is 0 Å². The second-order valence-corrected chi connectivity index (χ2v) is 7.68. The summed E-state index contributed by atoms with van der Waals surface area (Å²) in [5, 5.41) is 6.74. The van der Waals surface area contributed by atoms with Crippen molar-refractivity contribution in [1.82, 2.24) is 10.6 Å². The van der Waals surface area contributed by atoms with E-state index in [1.807, 2.05) is 0 Å². The van der Waals surface area contributed by atoms with Gasteiger partial charge >= 0.3 is 0 Å². The summed E-state index contributed by atoms with van der Waals surface area (Å²) in [6.45, 7) is 9.87. The molecular weight excluding hydrogens is 493 g/mol. The van der Waals surface area contributed by atoms with Gasteiger partial charge < -0.3 is 24.8 Å². The molecule has 172 valence electrons. The van der Waals surface area contributed by atoms with E-state index in [0.717, 1.165) is 76.1 Å². The Morgan fingerprint density at radius 1 is 1.20 bits per heavy atom. The van der Waals surface area contributed by atoms with Gasteiger partial charge in [-0.2, -0.15) is 0 Å². The number of unbranched alkanes of at least 4 members (excludes halogenated alkanes) is 2. The molecule has 0 aliphatic carbocycles. The van der Waals surface area contributed by atoms with Crippen LogP contribution in [0.3, 0.4) is 0 Å². The van der Waals surface area contributed by atoms with E-state index in [2.05, 4.69) is 47.7 Å². The minimum absolute atomic E-state index is 0. The highest BCUT2D eigenvalue weighted by Crippen LogP contribution is 2.20. The zero-order valence-electron chi connectivity index (χ0n) is 18.9. The molecule has 0 saturated carbocycles. The lowest BCUT2D eigenvalue weighted by Crippen LogP contribution is -2.37. The van der Waals surface area contributed by atoms with Gasteiger partial charge in [0.05, 0.1) is 19.8 Å².